The molecule has 1 unspecified atom stereocenters. The van der Waals surface area contributed by atoms with Crippen LogP contribution in [-0.4, -0.2) is 17.6 Å². The van der Waals surface area contributed by atoms with Gasteiger partial charge in [-0.05, 0) is 40.9 Å². The Balaban J connectivity index is 1.99. The summed E-state index contributed by atoms with van der Waals surface area (Å²) < 4.78 is 40.0. The number of ether oxygens (including phenoxy) is 1. The number of aliphatic hydroxyl groups is 1. The van der Waals surface area contributed by atoms with Crippen LogP contribution in [0.15, 0.2) is 24.3 Å². The Bertz CT molecular complexity index is 489. The summed E-state index contributed by atoms with van der Waals surface area (Å²) in [7, 11) is 0. The second kappa shape index (κ2) is 4.90. The number of aliphatic hydroxyl groups excluding tert-OH is 1. The summed E-state index contributed by atoms with van der Waals surface area (Å²) in [5, 5.41) is 10.4. The van der Waals surface area contributed by atoms with Gasteiger partial charge in [-0.15, -0.1) is 13.2 Å². The number of hydrogen-bond donors (Lipinski definition) is 1. The van der Waals surface area contributed by atoms with Crippen molar-refractivity contribution in [2.45, 2.75) is 46.6 Å². The molecule has 1 N–H and O–H groups in total. The molecule has 0 bridgehead atoms. The SMILES string of the molecule is CC1(C)C(C(O)Cc2ccc(OC(F)(F)F)cc2)C1(C)C. The van der Waals surface area contributed by atoms with Crippen molar-refractivity contribution in [3.05, 3.63) is 29.8 Å². The third-order valence-corrected chi connectivity index (χ3v) is 5.12. The van der Waals surface area contributed by atoms with Crippen molar-refractivity contribution >= 4 is 0 Å². The molecule has 2 rings (SSSR count). The van der Waals surface area contributed by atoms with Crippen molar-refractivity contribution in [2.24, 2.45) is 16.7 Å². The Kier molecular flexibility index (Phi) is 3.77. The molecule has 1 aliphatic carbocycles. The third-order valence-electron chi connectivity index (χ3n) is 5.12. The summed E-state index contributed by atoms with van der Waals surface area (Å²) in [6, 6.07) is 5.68. The van der Waals surface area contributed by atoms with Gasteiger partial charge in [-0.25, -0.2) is 0 Å². The van der Waals surface area contributed by atoms with Crippen LogP contribution in [0.4, 0.5) is 13.2 Å². The van der Waals surface area contributed by atoms with Gasteiger partial charge < -0.3 is 9.84 Å². The van der Waals surface area contributed by atoms with Crippen molar-refractivity contribution in [3.8, 4) is 5.75 Å². The maximum absolute atomic E-state index is 12.1. The lowest BCUT2D eigenvalue weighted by molar-refractivity contribution is -0.274. The molecular weight excluding hydrogens is 281 g/mol. The molecule has 21 heavy (non-hydrogen) atoms. The van der Waals surface area contributed by atoms with E-state index in [0.29, 0.717) is 6.42 Å². The second-order valence-electron chi connectivity index (χ2n) is 6.88. The fraction of sp³-hybridized carbons (Fsp3) is 0.625. The lowest BCUT2D eigenvalue weighted by Crippen LogP contribution is -2.18. The predicted octanol–water partition coefficient (Wildman–Crippen LogP) is 4.17. The molecule has 0 aromatic heterocycles. The number of alkyl halides is 3. The number of benzene rings is 1. The molecule has 0 saturated heterocycles. The van der Waals surface area contributed by atoms with Crippen LogP contribution in [0, 0.1) is 16.7 Å². The first-order valence-corrected chi connectivity index (χ1v) is 6.98. The quantitative estimate of drug-likeness (QED) is 0.904. The molecule has 1 fully saturated rings. The van der Waals surface area contributed by atoms with E-state index in [-0.39, 0.29) is 22.5 Å². The third kappa shape index (κ3) is 3.18. The molecule has 5 heteroatoms. The number of rotatable bonds is 4. The first kappa shape index (κ1) is 16.1. The average Bonchev–Trinajstić information content (AvgIpc) is 2.70. The highest BCUT2D eigenvalue weighted by Crippen LogP contribution is 2.69. The molecule has 1 aromatic carbocycles. The molecule has 118 valence electrons. The second-order valence-corrected chi connectivity index (χ2v) is 6.88. The van der Waals surface area contributed by atoms with E-state index in [2.05, 4.69) is 32.4 Å². The van der Waals surface area contributed by atoms with Crippen LogP contribution >= 0.6 is 0 Å². The molecule has 0 spiro atoms. The van der Waals surface area contributed by atoms with Crippen LogP contribution < -0.4 is 4.74 Å². The molecule has 0 heterocycles. The number of hydrogen-bond acceptors (Lipinski definition) is 2. The van der Waals surface area contributed by atoms with E-state index in [0.717, 1.165) is 5.56 Å². The van der Waals surface area contributed by atoms with Crippen molar-refractivity contribution in [1.29, 1.82) is 0 Å². The zero-order valence-electron chi connectivity index (χ0n) is 12.7. The highest BCUT2D eigenvalue weighted by molar-refractivity contribution is 5.28. The summed E-state index contributed by atoms with van der Waals surface area (Å²) in [6.07, 6.45) is -4.74. The van der Waals surface area contributed by atoms with Gasteiger partial charge in [-0.2, -0.15) is 0 Å². The summed E-state index contributed by atoms with van der Waals surface area (Å²) in [4.78, 5) is 0. The van der Waals surface area contributed by atoms with Gasteiger partial charge in [0.1, 0.15) is 5.75 Å². The van der Waals surface area contributed by atoms with E-state index in [1.807, 2.05) is 0 Å². The van der Waals surface area contributed by atoms with Crippen molar-refractivity contribution in [1.82, 2.24) is 0 Å². The first-order chi connectivity index (χ1) is 9.45. The van der Waals surface area contributed by atoms with Crippen molar-refractivity contribution in [3.63, 3.8) is 0 Å². The fourth-order valence-electron chi connectivity index (χ4n) is 3.40. The minimum absolute atomic E-state index is 0.0752. The van der Waals surface area contributed by atoms with Crippen LogP contribution in [0.25, 0.3) is 0 Å². The Morgan fingerprint density at radius 3 is 1.95 bits per heavy atom. The molecule has 1 aliphatic rings. The van der Waals surface area contributed by atoms with Gasteiger partial charge in [0.15, 0.2) is 0 Å². The zero-order chi connectivity index (χ0) is 16.1. The predicted molar refractivity (Wildman–Crippen MR) is 73.9 cm³/mol. The molecule has 1 atom stereocenters. The highest BCUT2D eigenvalue weighted by Gasteiger charge is 2.66. The monoisotopic (exact) mass is 302 g/mol. The molecular formula is C16H21F3O2. The van der Waals surface area contributed by atoms with E-state index in [1.165, 1.54) is 12.1 Å². The molecule has 0 amide bonds. The van der Waals surface area contributed by atoms with Crippen LogP contribution in [0.2, 0.25) is 0 Å². The summed E-state index contributed by atoms with van der Waals surface area (Å²) in [5.74, 6) is -0.0519. The standard InChI is InChI=1S/C16H21F3O2/c1-14(2)13(15(14,3)4)12(20)9-10-5-7-11(8-6-10)21-16(17,18)19/h5-8,12-13,20H,9H2,1-4H3. The Hall–Kier alpha value is -1.23. The first-order valence-electron chi connectivity index (χ1n) is 6.98. The van der Waals surface area contributed by atoms with Gasteiger partial charge in [-0.1, -0.05) is 39.8 Å². The minimum atomic E-state index is -4.68. The Labute approximate surface area is 122 Å². The van der Waals surface area contributed by atoms with E-state index < -0.39 is 12.5 Å². The van der Waals surface area contributed by atoms with Crippen LogP contribution in [0.1, 0.15) is 33.3 Å². The van der Waals surface area contributed by atoms with Crippen LogP contribution in [0.3, 0.4) is 0 Å². The smallest absolute Gasteiger partial charge is 0.406 e. The highest BCUT2D eigenvalue weighted by atomic mass is 19.4. The van der Waals surface area contributed by atoms with Gasteiger partial charge in [0.25, 0.3) is 0 Å². The van der Waals surface area contributed by atoms with Gasteiger partial charge in [0.2, 0.25) is 0 Å². The minimum Gasteiger partial charge on any atom is -0.406 e. The number of halogens is 3. The van der Waals surface area contributed by atoms with Crippen LogP contribution in [0.5, 0.6) is 5.75 Å². The zero-order valence-corrected chi connectivity index (χ0v) is 12.7. The summed E-state index contributed by atoms with van der Waals surface area (Å²) in [5.41, 5.74) is 0.952. The Morgan fingerprint density at radius 1 is 1.10 bits per heavy atom. The van der Waals surface area contributed by atoms with E-state index in [9.17, 15) is 18.3 Å². The van der Waals surface area contributed by atoms with E-state index >= 15 is 0 Å². The Morgan fingerprint density at radius 2 is 1.57 bits per heavy atom. The molecule has 1 aromatic rings. The molecule has 1 saturated carbocycles. The lowest BCUT2D eigenvalue weighted by Gasteiger charge is -2.14. The van der Waals surface area contributed by atoms with Crippen molar-refractivity contribution < 1.29 is 23.0 Å². The normalized spacial score (nSPS) is 21.9. The van der Waals surface area contributed by atoms with Gasteiger partial charge in [0, 0.05) is 0 Å². The van der Waals surface area contributed by atoms with Gasteiger partial charge in [0.05, 0.1) is 6.10 Å². The summed E-state index contributed by atoms with van der Waals surface area (Å²) >= 11 is 0. The molecule has 0 aliphatic heterocycles. The van der Waals surface area contributed by atoms with Gasteiger partial charge >= 0.3 is 6.36 Å². The van der Waals surface area contributed by atoms with Crippen molar-refractivity contribution in [2.75, 3.05) is 0 Å². The van der Waals surface area contributed by atoms with Gasteiger partial charge in [-0.3, -0.25) is 0 Å². The van der Waals surface area contributed by atoms with E-state index in [1.54, 1.807) is 12.1 Å². The maximum Gasteiger partial charge on any atom is 0.573 e. The fourth-order valence-corrected chi connectivity index (χ4v) is 3.40. The maximum atomic E-state index is 12.1. The largest absolute Gasteiger partial charge is 0.573 e. The average molecular weight is 302 g/mol. The summed E-state index contributed by atoms with van der Waals surface area (Å²) in [6.45, 7) is 8.50. The molecule has 2 nitrogen and oxygen atoms in total. The molecule has 0 radical (unpaired) electrons. The van der Waals surface area contributed by atoms with Crippen LogP contribution in [-0.2, 0) is 6.42 Å². The lowest BCUT2D eigenvalue weighted by atomic mass is 9.99. The topological polar surface area (TPSA) is 29.5 Å². The van der Waals surface area contributed by atoms with E-state index in [4.69, 9.17) is 0 Å².